The van der Waals surface area contributed by atoms with Gasteiger partial charge in [0.1, 0.15) is 0 Å². The van der Waals surface area contributed by atoms with Crippen LogP contribution in [0, 0.1) is 0 Å². The maximum atomic E-state index is 12.0. The second kappa shape index (κ2) is 10.1. The van der Waals surface area contributed by atoms with E-state index < -0.39 is 0 Å². The molecular formula is C19H21ClN2O2S. The van der Waals surface area contributed by atoms with Gasteiger partial charge in [0.05, 0.1) is 11.6 Å². The fourth-order valence-electron chi connectivity index (χ4n) is 2.23. The summed E-state index contributed by atoms with van der Waals surface area (Å²) in [5.41, 5.74) is 1.86. The summed E-state index contributed by atoms with van der Waals surface area (Å²) >= 11 is 7.59. The first-order valence-corrected chi connectivity index (χ1v) is 9.48. The molecule has 0 aromatic heterocycles. The molecule has 0 fully saturated rings. The van der Waals surface area contributed by atoms with Gasteiger partial charge < -0.3 is 10.6 Å². The Morgan fingerprint density at radius 3 is 2.52 bits per heavy atom. The van der Waals surface area contributed by atoms with Gasteiger partial charge in [0.15, 0.2) is 0 Å². The number of nitrogens with one attached hydrogen (secondary N) is 2. The van der Waals surface area contributed by atoms with Gasteiger partial charge in [-0.05, 0) is 30.2 Å². The Hall–Kier alpha value is -1.98. The molecule has 2 aromatic rings. The van der Waals surface area contributed by atoms with Crippen LogP contribution in [0.4, 0.5) is 5.69 Å². The Balaban J connectivity index is 1.71. The molecule has 0 aliphatic heterocycles. The number of hydrogen-bond acceptors (Lipinski definition) is 3. The van der Waals surface area contributed by atoms with E-state index in [-0.39, 0.29) is 18.4 Å². The molecular weight excluding hydrogens is 356 g/mol. The smallest absolute Gasteiger partial charge is 0.243 e. The van der Waals surface area contributed by atoms with Crippen LogP contribution in [0.5, 0.6) is 0 Å². The molecule has 132 valence electrons. The van der Waals surface area contributed by atoms with E-state index in [9.17, 15) is 9.59 Å². The highest BCUT2D eigenvalue weighted by Gasteiger charge is 2.08. The largest absolute Gasteiger partial charge is 0.347 e. The van der Waals surface area contributed by atoms with Crippen LogP contribution in [-0.4, -0.2) is 24.1 Å². The van der Waals surface area contributed by atoms with Gasteiger partial charge in [-0.1, -0.05) is 48.9 Å². The van der Waals surface area contributed by atoms with Crippen LogP contribution in [0.25, 0.3) is 0 Å². The van der Waals surface area contributed by atoms with Gasteiger partial charge in [-0.15, -0.1) is 11.8 Å². The van der Waals surface area contributed by atoms with Crippen LogP contribution in [-0.2, 0) is 16.0 Å². The molecule has 0 unspecified atom stereocenters. The van der Waals surface area contributed by atoms with Gasteiger partial charge in [-0.2, -0.15) is 0 Å². The van der Waals surface area contributed by atoms with Crippen LogP contribution in [0.2, 0.25) is 5.02 Å². The van der Waals surface area contributed by atoms with Crippen molar-refractivity contribution in [3.8, 4) is 0 Å². The van der Waals surface area contributed by atoms with E-state index >= 15 is 0 Å². The predicted molar refractivity (Wildman–Crippen MR) is 104 cm³/mol. The van der Waals surface area contributed by atoms with E-state index in [2.05, 4.69) is 10.6 Å². The van der Waals surface area contributed by atoms with E-state index in [0.29, 0.717) is 17.2 Å². The molecule has 2 aromatic carbocycles. The first-order valence-electron chi connectivity index (χ1n) is 8.12. The Morgan fingerprint density at radius 2 is 1.76 bits per heavy atom. The third kappa shape index (κ3) is 6.44. The average molecular weight is 377 g/mol. The van der Waals surface area contributed by atoms with Crippen LogP contribution in [0.3, 0.4) is 0 Å². The summed E-state index contributed by atoms with van der Waals surface area (Å²) in [5, 5.41) is 6.16. The maximum absolute atomic E-state index is 12.0. The summed E-state index contributed by atoms with van der Waals surface area (Å²) in [4.78, 5) is 24.8. The van der Waals surface area contributed by atoms with E-state index in [1.165, 1.54) is 11.8 Å². The van der Waals surface area contributed by atoms with Gasteiger partial charge in [-0.3, -0.25) is 9.59 Å². The Bertz CT molecular complexity index is 737. The average Bonchev–Trinajstić information content (AvgIpc) is 2.62. The molecule has 2 N–H and O–H groups in total. The number of benzene rings is 2. The van der Waals surface area contributed by atoms with Crippen molar-refractivity contribution in [3.05, 3.63) is 59.1 Å². The van der Waals surface area contributed by atoms with E-state index in [1.54, 1.807) is 0 Å². The number of hydrogen-bond donors (Lipinski definition) is 2. The predicted octanol–water partition coefficient (Wildman–Crippen LogP) is 4.14. The summed E-state index contributed by atoms with van der Waals surface area (Å²) in [5.74, 6) is 0.224. The van der Waals surface area contributed by atoms with Crippen LogP contribution >= 0.6 is 23.4 Å². The minimum Gasteiger partial charge on any atom is -0.347 e. The quantitative estimate of drug-likeness (QED) is 0.681. The first kappa shape index (κ1) is 19.3. The molecule has 2 amide bonds. The monoisotopic (exact) mass is 376 g/mol. The number of thioether (sulfide) groups is 1. The van der Waals surface area contributed by atoms with E-state index in [4.69, 9.17) is 11.6 Å². The fourth-order valence-corrected chi connectivity index (χ4v) is 3.42. The highest BCUT2D eigenvalue weighted by Crippen LogP contribution is 2.26. The van der Waals surface area contributed by atoms with Crippen molar-refractivity contribution in [2.45, 2.75) is 24.7 Å². The van der Waals surface area contributed by atoms with E-state index in [1.807, 2.05) is 55.5 Å². The maximum Gasteiger partial charge on any atom is 0.243 e. The lowest BCUT2D eigenvalue weighted by Crippen LogP contribution is -2.33. The molecule has 4 nitrogen and oxygen atoms in total. The zero-order valence-corrected chi connectivity index (χ0v) is 15.6. The topological polar surface area (TPSA) is 58.2 Å². The zero-order valence-electron chi connectivity index (χ0n) is 14.0. The van der Waals surface area contributed by atoms with Crippen molar-refractivity contribution in [3.63, 3.8) is 0 Å². The summed E-state index contributed by atoms with van der Waals surface area (Å²) < 4.78 is 0. The molecule has 0 saturated heterocycles. The Morgan fingerprint density at radius 1 is 1.04 bits per heavy atom. The van der Waals surface area contributed by atoms with Crippen molar-refractivity contribution < 1.29 is 9.59 Å². The van der Waals surface area contributed by atoms with Crippen molar-refractivity contribution in [1.29, 1.82) is 0 Å². The summed E-state index contributed by atoms with van der Waals surface area (Å²) in [7, 11) is 0. The van der Waals surface area contributed by atoms with Crippen molar-refractivity contribution in [2.24, 2.45) is 0 Å². The second-order valence-corrected chi connectivity index (χ2v) is 6.91. The minimum atomic E-state index is -0.229. The Kier molecular flexibility index (Phi) is 7.82. The lowest BCUT2D eigenvalue weighted by molar-refractivity contribution is -0.123. The van der Waals surface area contributed by atoms with Crippen LogP contribution in [0.15, 0.2) is 53.4 Å². The number of halogens is 1. The summed E-state index contributed by atoms with van der Waals surface area (Å²) in [6.07, 6.45) is 1.16. The minimum absolute atomic E-state index is 0.0341. The molecule has 0 radical (unpaired) electrons. The molecule has 6 heteroatoms. The molecule has 0 aliphatic carbocycles. The summed E-state index contributed by atoms with van der Waals surface area (Å²) in [6, 6.07) is 15.2. The molecule has 0 saturated carbocycles. The second-order valence-electron chi connectivity index (χ2n) is 5.36. The number of para-hydroxylation sites is 1. The first-order chi connectivity index (χ1) is 12.1. The third-order valence-electron chi connectivity index (χ3n) is 3.54. The zero-order chi connectivity index (χ0) is 18.1. The van der Waals surface area contributed by atoms with E-state index in [0.717, 1.165) is 22.6 Å². The van der Waals surface area contributed by atoms with Gasteiger partial charge >= 0.3 is 0 Å². The number of anilines is 1. The molecule has 2 rings (SSSR count). The SMILES string of the molecule is CCc1ccccc1NC(=O)CNC(=O)CCSc1ccccc1Cl. The van der Waals surface area contributed by atoms with Crippen molar-refractivity contribution in [2.75, 3.05) is 17.6 Å². The molecule has 0 spiro atoms. The third-order valence-corrected chi connectivity index (χ3v) is 5.06. The normalized spacial score (nSPS) is 10.3. The molecule has 0 heterocycles. The highest BCUT2D eigenvalue weighted by molar-refractivity contribution is 7.99. The number of aryl methyl sites for hydroxylation is 1. The van der Waals surface area contributed by atoms with Gasteiger partial charge in [-0.25, -0.2) is 0 Å². The number of carbonyl (C=O) groups excluding carboxylic acids is 2. The fraction of sp³-hybridized carbons (Fsp3) is 0.263. The number of rotatable bonds is 8. The van der Waals surface area contributed by atoms with Crippen LogP contribution in [0.1, 0.15) is 18.9 Å². The van der Waals surface area contributed by atoms with Gasteiger partial charge in [0.2, 0.25) is 11.8 Å². The lowest BCUT2D eigenvalue weighted by Gasteiger charge is -2.10. The number of amides is 2. The van der Waals surface area contributed by atoms with Gasteiger partial charge in [0, 0.05) is 22.8 Å². The van der Waals surface area contributed by atoms with Crippen molar-refractivity contribution >= 4 is 40.9 Å². The van der Waals surface area contributed by atoms with Crippen LogP contribution < -0.4 is 10.6 Å². The van der Waals surface area contributed by atoms with Gasteiger partial charge in [0.25, 0.3) is 0 Å². The lowest BCUT2D eigenvalue weighted by atomic mass is 10.1. The number of carbonyl (C=O) groups is 2. The summed E-state index contributed by atoms with van der Waals surface area (Å²) in [6.45, 7) is 2.00. The molecule has 0 atom stereocenters. The molecule has 0 aliphatic rings. The highest BCUT2D eigenvalue weighted by atomic mass is 35.5. The molecule has 25 heavy (non-hydrogen) atoms. The Labute approximate surface area is 157 Å². The molecule has 0 bridgehead atoms. The van der Waals surface area contributed by atoms with Crippen molar-refractivity contribution in [1.82, 2.24) is 5.32 Å². The standard InChI is InChI=1S/C19H21ClN2O2S/c1-2-14-7-3-5-9-16(14)22-19(24)13-21-18(23)11-12-25-17-10-6-4-8-15(17)20/h3-10H,2,11-13H2,1H3,(H,21,23)(H,22,24).